The number of carbonyl (C=O) groups is 2. The highest BCUT2D eigenvalue weighted by molar-refractivity contribution is 6.34. The van der Waals surface area contributed by atoms with E-state index in [1.807, 2.05) is 6.07 Å². The first kappa shape index (κ1) is 18.4. The fourth-order valence-corrected chi connectivity index (χ4v) is 3.26. The fraction of sp³-hybridized carbons (Fsp3) is 0.389. The average molecular weight is 377 g/mol. The molecule has 1 fully saturated rings. The summed E-state index contributed by atoms with van der Waals surface area (Å²) in [5.41, 5.74) is 1.42. The molecule has 0 saturated carbocycles. The summed E-state index contributed by atoms with van der Waals surface area (Å²) in [6.07, 6.45) is -0.404. The van der Waals surface area contributed by atoms with Gasteiger partial charge in [0.25, 0.3) is 11.8 Å². The van der Waals surface area contributed by atoms with Gasteiger partial charge >= 0.3 is 0 Å². The number of aliphatic hydroxyl groups is 1. The van der Waals surface area contributed by atoms with Gasteiger partial charge in [-0.25, -0.2) is 0 Å². The Morgan fingerprint density at radius 3 is 2.58 bits per heavy atom. The second kappa shape index (κ2) is 7.47. The van der Waals surface area contributed by atoms with Crippen LogP contribution in [0.5, 0.6) is 0 Å². The van der Waals surface area contributed by atoms with Crippen molar-refractivity contribution in [2.75, 3.05) is 13.1 Å². The normalized spacial score (nSPS) is 20.1. The molecule has 2 N–H and O–H groups in total. The van der Waals surface area contributed by atoms with Gasteiger partial charge in [-0.3, -0.25) is 14.3 Å². The lowest BCUT2D eigenvalue weighted by Crippen LogP contribution is -2.55. The van der Waals surface area contributed by atoms with Gasteiger partial charge in [0.15, 0.2) is 5.69 Å². The van der Waals surface area contributed by atoms with E-state index in [9.17, 15) is 14.7 Å². The van der Waals surface area contributed by atoms with Crippen molar-refractivity contribution in [1.29, 1.82) is 0 Å². The van der Waals surface area contributed by atoms with Gasteiger partial charge in [-0.2, -0.15) is 5.10 Å². The molecule has 0 radical (unpaired) electrons. The zero-order valence-electron chi connectivity index (χ0n) is 14.6. The summed E-state index contributed by atoms with van der Waals surface area (Å²) in [4.78, 5) is 26.5. The van der Waals surface area contributed by atoms with E-state index in [1.54, 1.807) is 43.1 Å². The number of nitrogens with one attached hydrogen (secondary N) is 1. The van der Waals surface area contributed by atoms with E-state index in [0.29, 0.717) is 29.2 Å². The fourth-order valence-electron chi connectivity index (χ4n) is 3.01. The molecule has 1 aromatic heterocycles. The van der Waals surface area contributed by atoms with Gasteiger partial charge < -0.3 is 15.3 Å². The van der Waals surface area contributed by atoms with E-state index in [1.165, 1.54) is 4.68 Å². The lowest BCUT2D eigenvalue weighted by Gasteiger charge is -2.36. The van der Waals surface area contributed by atoms with Gasteiger partial charge in [0.05, 0.1) is 22.9 Å². The first-order valence-electron chi connectivity index (χ1n) is 8.41. The van der Waals surface area contributed by atoms with Crippen LogP contribution in [0.2, 0.25) is 5.02 Å². The number of piperidine rings is 1. The molecule has 26 heavy (non-hydrogen) atoms. The molecule has 1 aromatic carbocycles. The van der Waals surface area contributed by atoms with Crippen LogP contribution in [-0.4, -0.2) is 56.8 Å². The van der Waals surface area contributed by atoms with Gasteiger partial charge in [-0.05, 0) is 25.5 Å². The number of benzene rings is 1. The molecule has 138 valence electrons. The number of aromatic nitrogens is 2. The number of hydrogen-bond acceptors (Lipinski definition) is 4. The van der Waals surface area contributed by atoms with E-state index in [4.69, 9.17) is 11.6 Å². The zero-order valence-corrected chi connectivity index (χ0v) is 15.4. The van der Waals surface area contributed by atoms with Crippen molar-refractivity contribution in [2.45, 2.75) is 25.5 Å². The first-order chi connectivity index (χ1) is 12.4. The van der Waals surface area contributed by atoms with E-state index < -0.39 is 18.1 Å². The Balaban J connectivity index is 1.63. The van der Waals surface area contributed by atoms with Gasteiger partial charge in [0, 0.05) is 25.7 Å². The highest BCUT2D eigenvalue weighted by Crippen LogP contribution is 2.20. The molecule has 0 aliphatic carbocycles. The maximum atomic E-state index is 12.5. The Morgan fingerprint density at radius 2 is 2.00 bits per heavy atom. The largest absolute Gasteiger partial charge is 0.389 e. The summed E-state index contributed by atoms with van der Waals surface area (Å²) in [5.74, 6) is -0.552. The van der Waals surface area contributed by atoms with Crippen LogP contribution in [0, 0.1) is 6.92 Å². The van der Waals surface area contributed by atoms with Crippen LogP contribution < -0.4 is 5.32 Å². The van der Waals surface area contributed by atoms with E-state index in [2.05, 4.69) is 10.4 Å². The molecule has 1 aliphatic rings. The van der Waals surface area contributed by atoms with Crippen molar-refractivity contribution in [3.05, 3.63) is 52.3 Å². The number of nitrogens with zero attached hydrogens (tertiary/aromatic N) is 3. The number of hydrogen-bond donors (Lipinski definition) is 2. The van der Waals surface area contributed by atoms with Crippen LogP contribution in [-0.2, 0) is 7.05 Å². The predicted octanol–water partition coefficient (Wildman–Crippen LogP) is 1.39. The molecule has 2 heterocycles. The molecule has 3 rings (SSSR count). The Bertz CT molecular complexity index is 821. The molecule has 8 heteroatoms. The first-order valence-corrected chi connectivity index (χ1v) is 8.78. The predicted molar refractivity (Wildman–Crippen MR) is 97.2 cm³/mol. The van der Waals surface area contributed by atoms with E-state index in [0.717, 1.165) is 0 Å². The van der Waals surface area contributed by atoms with Gasteiger partial charge in [-0.15, -0.1) is 0 Å². The third kappa shape index (κ3) is 3.59. The summed E-state index contributed by atoms with van der Waals surface area (Å²) in [7, 11) is 1.71. The van der Waals surface area contributed by atoms with Crippen molar-refractivity contribution in [3.8, 4) is 0 Å². The van der Waals surface area contributed by atoms with Gasteiger partial charge in [0.1, 0.15) is 0 Å². The zero-order chi connectivity index (χ0) is 18.8. The summed E-state index contributed by atoms with van der Waals surface area (Å²) in [5, 5.41) is 17.6. The molecule has 2 atom stereocenters. The van der Waals surface area contributed by atoms with E-state index in [-0.39, 0.29) is 18.1 Å². The average Bonchev–Trinajstić information content (AvgIpc) is 2.91. The second-order valence-electron chi connectivity index (χ2n) is 6.42. The number of rotatable bonds is 3. The van der Waals surface area contributed by atoms with Crippen molar-refractivity contribution in [2.24, 2.45) is 7.05 Å². The topological polar surface area (TPSA) is 87.5 Å². The molecule has 2 amide bonds. The minimum absolute atomic E-state index is 0.127. The maximum absolute atomic E-state index is 12.5. The molecule has 0 unspecified atom stereocenters. The highest BCUT2D eigenvalue weighted by Gasteiger charge is 2.32. The molecular formula is C18H21ClN4O3. The number of β-amino-alcohol motifs (C(OH)–C–C–N with tert-alkyl or cyclic N) is 1. The molecule has 7 nitrogen and oxygen atoms in total. The number of aliphatic hydroxyl groups excluding tert-OH is 1. The standard InChI is InChI=1S/C18H21ClN4O3/c1-11-15(19)16(21-22(11)2)17(25)20-13-8-9-23(10-14(13)24)18(26)12-6-4-3-5-7-12/h3-7,13-14,24H,8-10H2,1-2H3,(H,20,25)/t13-,14-/m1/s1. The number of aryl methyl sites for hydroxylation is 1. The molecule has 1 aliphatic heterocycles. The van der Waals surface area contributed by atoms with Crippen molar-refractivity contribution >= 4 is 23.4 Å². The van der Waals surface area contributed by atoms with Gasteiger partial charge in [0.2, 0.25) is 0 Å². The smallest absolute Gasteiger partial charge is 0.273 e. The van der Waals surface area contributed by atoms with Crippen LogP contribution in [0.3, 0.4) is 0 Å². The lowest BCUT2D eigenvalue weighted by atomic mass is 10.0. The third-order valence-corrected chi connectivity index (χ3v) is 5.13. The summed E-state index contributed by atoms with van der Waals surface area (Å²) in [6.45, 7) is 2.38. The third-order valence-electron chi connectivity index (χ3n) is 4.68. The maximum Gasteiger partial charge on any atom is 0.273 e. The quantitative estimate of drug-likeness (QED) is 0.847. The Labute approximate surface area is 156 Å². The minimum atomic E-state index is -0.857. The molecule has 2 aromatic rings. The van der Waals surface area contributed by atoms with Crippen LogP contribution >= 0.6 is 11.6 Å². The van der Waals surface area contributed by atoms with Crippen molar-refractivity contribution in [1.82, 2.24) is 20.0 Å². The second-order valence-corrected chi connectivity index (χ2v) is 6.80. The Kier molecular flexibility index (Phi) is 5.29. The van der Waals surface area contributed by atoms with Gasteiger partial charge in [-0.1, -0.05) is 29.8 Å². The SMILES string of the molecule is Cc1c(Cl)c(C(=O)N[C@@H]2CCN(C(=O)c3ccccc3)C[C@H]2O)nn1C. The summed E-state index contributed by atoms with van der Waals surface area (Å²) < 4.78 is 1.54. The monoisotopic (exact) mass is 376 g/mol. The Morgan fingerprint density at radius 1 is 1.31 bits per heavy atom. The highest BCUT2D eigenvalue weighted by atomic mass is 35.5. The molecule has 0 spiro atoms. The number of carbonyl (C=O) groups excluding carboxylic acids is 2. The number of amides is 2. The summed E-state index contributed by atoms with van der Waals surface area (Å²) >= 11 is 6.14. The van der Waals surface area contributed by atoms with Crippen LogP contribution in [0.25, 0.3) is 0 Å². The van der Waals surface area contributed by atoms with Crippen LogP contribution in [0.1, 0.15) is 33.0 Å². The minimum Gasteiger partial charge on any atom is -0.389 e. The molecule has 1 saturated heterocycles. The Hall–Kier alpha value is -2.38. The molecular weight excluding hydrogens is 356 g/mol. The van der Waals surface area contributed by atoms with Crippen LogP contribution in [0.4, 0.5) is 0 Å². The number of halogens is 1. The summed E-state index contributed by atoms with van der Waals surface area (Å²) in [6, 6.07) is 8.48. The number of likely N-dealkylation sites (tertiary alicyclic amines) is 1. The molecule has 0 bridgehead atoms. The van der Waals surface area contributed by atoms with E-state index >= 15 is 0 Å². The lowest BCUT2D eigenvalue weighted by molar-refractivity contribution is 0.0314. The van der Waals surface area contributed by atoms with Crippen molar-refractivity contribution < 1.29 is 14.7 Å². The van der Waals surface area contributed by atoms with Crippen molar-refractivity contribution in [3.63, 3.8) is 0 Å². The van der Waals surface area contributed by atoms with Crippen LogP contribution in [0.15, 0.2) is 30.3 Å².